The Balaban J connectivity index is 5.62. The second-order valence-electron chi connectivity index (χ2n) is 7.43. The van der Waals surface area contributed by atoms with Gasteiger partial charge in [0, 0.05) is 13.0 Å². The summed E-state index contributed by atoms with van der Waals surface area (Å²) in [6.45, 7) is 0.543. The van der Waals surface area contributed by atoms with Gasteiger partial charge < -0.3 is 54.2 Å². The Morgan fingerprint density at radius 2 is 1.44 bits per heavy atom. The van der Waals surface area contributed by atoms with E-state index in [1.807, 2.05) is 0 Å². The van der Waals surface area contributed by atoms with Crippen LogP contribution < -0.4 is 38.9 Å². The maximum Gasteiger partial charge on any atom is 0.328 e. The Hall–Kier alpha value is -3.50. The van der Waals surface area contributed by atoms with Gasteiger partial charge in [0.25, 0.3) is 0 Å². The molecule has 0 saturated carbocycles. The lowest BCUT2D eigenvalue weighted by molar-refractivity contribution is -0.145. The summed E-state index contributed by atoms with van der Waals surface area (Å²) in [6.07, 6.45) is -1.83. The van der Waals surface area contributed by atoms with Gasteiger partial charge in [0.1, 0.15) is 18.1 Å². The number of nitrogens with two attached hydrogens (primary N) is 4. The highest BCUT2D eigenvalue weighted by Crippen LogP contribution is 2.05. The first-order chi connectivity index (χ1) is 15.8. The first-order valence-electron chi connectivity index (χ1n) is 10.3. The van der Waals surface area contributed by atoms with Gasteiger partial charge in [-0.25, -0.2) is 4.79 Å². The zero-order valence-electron chi connectivity index (χ0n) is 18.8. The number of carboxylic acids is 1. The number of hydrogen-bond donors (Lipinski definition) is 10. The number of primary amides is 1. The zero-order chi connectivity index (χ0) is 26.4. The van der Waals surface area contributed by atoms with Crippen molar-refractivity contribution in [2.45, 2.75) is 62.9 Å². The number of aliphatic imine (C=N–C) groups is 1. The Morgan fingerprint density at radius 3 is 1.91 bits per heavy atom. The van der Waals surface area contributed by atoms with E-state index in [1.54, 1.807) is 0 Å². The highest BCUT2D eigenvalue weighted by Gasteiger charge is 2.31. The number of aliphatic carboxylic acids is 1. The Bertz CT molecular complexity index is 756. The summed E-state index contributed by atoms with van der Waals surface area (Å²) in [5.41, 5.74) is 21.0. The number of aliphatic hydroxyl groups excluding tert-OH is 2. The van der Waals surface area contributed by atoms with Crippen LogP contribution in [0.1, 0.15) is 32.6 Å². The zero-order valence-corrected chi connectivity index (χ0v) is 18.8. The molecule has 5 unspecified atom stereocenters. The molecule has 0 aromatic heterocycles. The van der Waals surface area contributed by atoms with Gasteiger partial charge in [-0.3, -0.25) is 24.2 Å². The maximum atomic E-state index is 12.8. The van der Waals surface area contributed by atoms with Gasteiger partial charge in [-0.2, -0.15) is 0 Å². The van der Waals surface area contributed by atoms with Crippen LogP contribution in [0.2, 0.25) is 0 Å². The molecule has 16 nitrogen and oxygen atoms in total. The Kier molecular flexibility index (Phi) is 13.8. The second kappa shape index (κ2) is 15.4. The minimum atomic E-state index is -1.66. The molecular weight excluding hydrogens is 456 g/mol. The predicted molar refractivity (Wildman–Crippen MR) is 119 cm³/mol. The molecule has 0 aliphatic carbocycles. The molecule has 0 spiro atoms. The third-order valence-corrected chi connectivity index (χ3v) is 4.47. The van der Waals surface area contributed by atoms with E-state index >= 15 is 0 Å². The van der Waals surface area contributed by atoms with Gasteiger partial charge in [-0.1, -0.05) is 0 Å². The number of carboxylic acid groups (broad SMARTS) is 1. The van der Waals surface area contributed by atoms with Crippen LogP contribution in [0.25, 0.3) is 0 Å². The third-order valence-electron chi connectivity index (χ3n) is 4.47. The second-order valence-corrected chi connectivity index (χ2v) is 7.43. The van der Waals surface area contributed by atoms with Crippen LogP contribution in [-0.2, 0) is 24.0 Å². The number of amides is 4. The summed E-state index contributed by atoms with van der Waals surface area (Å²) in [5.74, 6) is -5.17. The Labute approximate surface area is 195 Å². The maximum absolute atomic E-state index is 12.8. The van der Waals surface area contributed by atoms with E-state index in [1.165, 1.54) is 0 Å². The van der Waals surface area contributed by atoms with Gasteiger partial charge in [-0.15, -0.1) is 0 Å². The average Bonchev–Trinajstić information content (AvgIpc) is 2.74. The van der Waals surface area contributed by atoms with Gasteiger partial charge in [-0.05, 0) is 26.2 Å². The number of nitrogens with one attached hydrogen (secondary N) is 3. The number of carbonyl (C=O) groups excluding carboxylic acids is 4. The van der Waals surface area contributed by atoms with Crippen LogP contribution in [0.15, 0.2) is 4.99 Å². The highest BCUT2D eigenvalue weighted by molar-refractivity contribution is 5.94. The number of rotatable bonds is 16. The van der Waals surface area contributed by atoms with E-state index in [9.17, 15) is 34.2 Å². The molecule has 0 aromatic carbocycles. The van der Waals surface area contributed by atoms with Crippen molar-refractivity contribution in [3.63, 3.8) is 0 Å². The summed E-state index contributed by atoms with van der Waals surface area (Å²) in [5, 5.41) is 34.6. The molecule has 4 amide bonds. The first-order valence-corrected chi connectivity index (χ1v) is 10.3. The number of nitrogens with zero attached hydrogens (tertiary/aromatic N) is 1. The van der Waals surface area contributed by atoms with E-state index in [-0.39, 0.29) is 38.2 Å². The lowest BCUT2D eigenvalue weighted by Gasteiger charge is -2.25. The summed E-state index contributed by atoms with van der Waals surface area (Å²) in [6, 6.07) is -5.66. The molecule has 0 heterocycles. The van der Waals surface area contributed by atoms with Crippen molar-refractivity contribution in [1.82, 2.24) is 16.0 Å². The summed E-state index contributed by atoms with van der Waals surface area (Å²) in [4.78, 5) is 63.7. The third kappa shape index (κ3) is 11.9. The molecule has 0 saturated heterocycles. The smallest absolute Gasteiger partial charge is 0.328 e. The number of hydrogen-bond acceptors (Lipinski definition) is 9. The standard InChI is InChI=1S/C18H34N8O8/c1-8(28)13(17(33)34)26-16(32)10(3-2-6-23-18(21)22)25-15(31)11(4-5-12(20)29)24-14(30)9(19)7-27/h8-11,13,27-28H,2-7,19H2,1H3,(H2,20,29)(H,24,30)(H,25,31)(H,26,32)(H,33,34)(H4,21,22,23). The fourth-order valence-corrected chi connectivity index (χ4v) is 2.60. The van der Waals surface area contributed by atoms with E-state index in [0.29, 0.717) is 0 Å². The first kappa shape index (κ1) is 30.5. The van der Waals surface area contributed by atoms with Crippen molar-refractivity contribution in [2.24, 2.45) is 27.9 Å². The molecule has 34 heavy (non-hydrogen) atoms. The fraction of sp³-hybridized carbons (Fsp3) is 0.667. The SMILES string of the molecule is CC(O)C(NC(=O)C(CCCN=C(N)N)NC(=O)C(CCC(N)=O)NC(=O)C(N)CO)C(=O)O. The average molecular weight is 491 g/mol. The monoisotopic (exact) mass is 490 g/mol. The van der Waals surface area contributed by atoms with Crippen molar-refractivity contribution in [3.05, 3.63) is 0 Å². The minimum Gasteiger partial charge on any atom is -0.480 e. The minimum absolute atomic E-state index is 0.0485. The molecule has 5 atom stereocenters. The Morgan fingerprint density at radius 1 is 0.912 bits per heavy atom. The van der Waals surface area contributed by atoms with Gasteiger partial charge in [0.2, 0.25) is 23.6 Å². The molecule has 0 aromatic rings. The number of carbonyl (C=O) groups is 5. The number of guanidine groups is 1. The molecule has 16 heteroatoms. The molecule has 0 radical (unpaired) electrons. The molecule has 0 aliphatic heterocycles. The molecule has 14 N–H and O–H groups in total. The quantitative estimate of drug-likeness (QED) is 0.0552. The molecule has 0 aliphatic rings. The normalized spacial score (nSPS) is 15.1. The highest BCUT2D eigenvalue weighted by atomic mass is 16.4. The van der Waals surface area contributed by atoms with Gasteiger partial charge in [0.05, 0.1) is 12.7 Å². The summed E-state index contributed by atoms with van der Waals surface area (Å²) < 4.78 is 0. The lowest BCUT2D eigenvalue weighted by Crippen LogP contribution is -2.58. The van der Waals surface area contributed by atoms with E-state index in [2.05, 4.69) is 20.9 Å². The topological polar surface area (TPSA) is 299 Å². The summed E-state index contributed by atoms with van der Waals surface area (Å²) >= 11 is 0. The molecule has 0 fully saturated rings. The number of aliphatic hydroxyl groups is 2. The van der Waals surface area contributed by atoms with Crippen LogP contribution in [0.5, 0.6) is 0 Å². The van der Waals surface area contributed by atoms with Crippen LogP contribution in [0.4, 0.5) is 0 Å². The summed E-state index contributed by atoms with van der Waals surface area (Å²) in [7, 11) is 0. The van der Waals surface area contributed by atoms with E-state index in [4.69, 9.17) is 28.0 Å². The van der Waals surface area contributed by atoms with Crippen molar-refractivity contribution in [3.8, 4) is 0 Å². The molecule has 194 valence electrons. The van der Waals surface area contributed by atoms with Crippen molar-refractivity contribution >= 4 is 35.6 Å². The van der Waals surface area contributed by atoms with Crippen LogP contribution in [-0.4, -0.2) is 94.3 Å². The molecular formula is C18H34N8O8. The van der Waals surface area contributed by atoms with Gasteiger partial charge in [0.15, 0.2) is 12.0 Å². The van der Waals surface area contributed by atoms with Crippen LogP contribution in [0.3, 0.4) is 0 Å². The molecule has 0 rings (SSSR count). The van der Waals surface area contributed by atoms with E-state index in [0.717, 1.165) is 6.92 Å². The fourth-order valence-electron chi connectivity index (χ4n) is 2.60. The molecule has 0 bridgehead atoms. The van der Waals surface area contributed by atoms with Crippen LogP contribution >= 0.6 is 0 Å². The largest absolute Gasteiger partial charge is 0.480 e. The van der Waals surface area contributed by atoms with Crippen molar-refractivity contribution in [2.75, 3.05) is 13.2 Å². The van der Waals surface area contributed by atoms with Crippen molar-refractivity contribution < 1.29 is 39.3 Å². The predicted octanol–water partition coefficient (Wildman–Crippen LogP) is -5.46. The van der Waals surface area contributed by atoms with Gasteiger partial charge >= 0.3 is 5.97 Å². The van der Waals surface area contributed by atoms with Crippen molar-refractivity contribution in [1.29, 1.82) is 0 Å². The van der Waals surface area contributed by atoms with E-state index < -0.39 is 66.5 Å². The van der Waals surface area contributed by atoms with Crippen LogP contribution in [0, 0.1) is 0 Å². The lowest BCUT2D eigenvalue weighted by atomic mass is 10.1.